The van der Waals surface area contributed by atoms with Crippen LogP contribution in [0.15, 0.2) is 0 Å². The summed E-state index contributed by atoms with van der Waals surface area (Å²) < 4.78 is 40.3. The molecule has 1 aliphatic rings. The zero-order valence-electron chi connectivity index (χ0n) is 10.7. The summed E-state index contributed by atoms with van der Waals surface area (Å²) in [5.41, 5.74) is 0. The Kier molecular flexibility index (Phi) is 4.62. The van der Waals surface area contributed by atoms with Gasteiger partial charge in [-0.2, -0.15) is 22.5 Å². The number of hydrogen-bond donors (Lipinski definition) is 1. The van der Waals surface area contributed by atoms with Gasteiger partial charge in [0, 0.05) is 18.1 Å². The Morgan fingerprint density at radius 2 is 2.05 bits per heavy atom. The second kappa shape index (κ2) is 6.04. The fourth-order valence-electron chi connectivity index (χ4n) is 2.15. The lowest BCUT2D eigenvalue weighted by Gasteiger charge is -2.30. The van der Waals surface area contributed by atoms with Crippen LogP contribution in [0.5, 0.6) is 0 Å². The van der Waals surface area contributed by atoms with E-state index in [1.165, 1.54) is 0 Å². The molecule has 0 spiro atoms. The summed E-state index contributed by atoms with van der Waals surface area (Å²) in [6, 6.07) is 0. The minimum Gasteiger partial charge on any atom is -0.360 e. The van der Waals surface area contributed by atoms with Crippen LogP contribution in [0.3, 0.4) is 0 Å². The first kappa shape index (κ1) is 14.5. The molecule has 0 unspecified atom stereocenters. The van der Waals surface area contributed by atoms with E-state index >= 15 is 0 Å². The summed E-state index contributed by atoms with van der Waals surface area (Å²) in [5, 5.41) is 3.22. The van der Waals surface area contributed by atoms with Gasteiger partial charge in [0.2, 0.25) is 11.0 Å². The number of nitrogens with zero attached hydrogens (tertiary/aromatic N) is 3. The molecule has 1 aliphatic heterocycles. The van der Waals surface area contributed by atoms with E-state index in [0.717, 1.165) is 44.0 Å². The first-order chi connectivity index (χ1) is 8.99. The molecule has 1 N–H and O–H groups in total. The number of hydrogen-bond acceptors (Lipinski definition) is 5. The predicted molar refractivity (Wildman–Crippen MR) is 68.2 cm³/mol. The maximum Gasteiger partial charge on any atom is 0.452 e. The third-order valence-corrected chi connectivity index (χ3v) is 4.05. The van der Waals surface area contributed by atoms with Gasteiger partial charge in [0.05, 0.1) is 0 Å². The molecule has 2 heterocycles. The zero-order valence-corrected chi connectivity index (χ0v) is 11.5. The number of piperidine rings is 1. The summed E-state index contributed by atoms with van der Waals surface area (Å²) in [5.74, 6) is -0.554. The second-order valence-electron chi connectivity index (χ2n) is 4.68. The molecular formula is C11H17F3N4S. The van der Waals surface area contributed by atoms with E-state index in [1.54, 1.807) is 0 Å². The summed E-state index contributed by atoms with van der Waals surface area (Å²) in [6.07, 6.45) is -2.31. The van der Waals surface area contributed by atoms with Crippen molar-refractivity contribution in [1.29, 1.82) is 0 Å². The van der Waals surface area contributed by atoms with Gasteiger partial charge in [0.1, 0.15) is 0 Å². The smallest absolute Gasteiger partial charge is 0.360 e. The fraction of sp³-hybridized carbons (Fsp3) is 0.818. The monoisotopic (exact) mass is 294 g/mol. The Morgan fingerprint density at radius 3 is 2.58 bits per heavy atom. The van der Waals surface area contributed by atoms with Crippen molar-refractivity contribution in [3.63, 3.8) is 0 Å². The highest BCUT2D eigenvalue weighted by atomic mass is 32.1. The number of rotatable bonds is 4. The van der Waals surface area contributed by atoms with Gasteiger partial charge in [-0.1, -0.05) is 6.92 Å². The van der Waals surface area contributed by atoms with E-state index in [2.05, 4.69) is 26.5 Å². The lowest BCUT2D eigenvalue weighted by molar-refractivity contribution is -0.144. The molecule has 2 rings (SSSR count). The Labute approximate surface area is 114 Å². The van der Waals surface area contributed by atoms with E-state index in [0.29, 0.717) is 12.5 Å². The minimum atomic E-state index is -4.46. The average Bonchev–Trinajstić information content (AvgIpc) is 2.86. The van der Waals surface area contributed by atoms with Gasteiger partial charge in [0.15, 0.2) is 0 Å². The minimum absolute atomic E-state index is 0.255. The van der Waals surface area contributed by atoms with Crippen molar-refractivity contribution in [3.05, 3.63) is 5.82 Å². The summed E-state index contributed by atoms with van der Waals surface area (Å²) in [7, 11) is 0. The molecule has 8 heteroatoms. The van der Waals surface area contributed by atoms with E-state index in [9.17, 15) is 13.2 Å². The van der Waals surface area contributed by atoms with Gasteiger partial charge in [-0.25, -0.2) is 0 Å². The molecule has 0 saturated carbocycles. The number of aromatic nitrogens is 2. The molecule has 1 saturated heterocycles. The molecule has 0 amide bonds. The summed E-state index contributed by atoms with van der Waals surface area (Å²) >= 11 is 0.767. The second-order valence-corrected chi connectivity index (χ2v) is 5.43. The Bertz CT molecular complexity index is 399. The van der Waals surface area contributed by atoms with Crippen LogP contribution < -0.4 is 5.32 Å². The van der Waals surface area contributed by atoms with Crippen molar-refractivity contribution in [2.75, 3.05) is 31.5 Å². The average molecular weight is 294 g/mol. The van der Waals surface area contributed by atoms with Gasteiger partial charge in [-0.05, 0) is 38.4 Å². The standard InChI is InChI=1S/C11H17F3N4S/c1-2-18-5-3-8(4-6-18)7-15-10-16-9(17-19-10)11(12,13)14/h8H,2-7H2,1H3,(H,15,16,17). The third-order valence-electron chi connectivity index (χ3n) is 3.38. The largest absolute Gasteiger partial charge is 0.452 e. The van der Waals surface area contributed by atoms with E-state index in [1.807, 2.05) is 0 Å². The van der Waals surface area contributed by atoms with Crippen LogP contribution in [-0.4, -0.2) is 40.4 Å². The van der Waals surface area contributed by atoms with Crippen LogP contribution in [0.4, 0.5) is 18.3 Å². The molecule has 0 aromatic carbocycles. The lowest BCUT2D eigenvalue weighted by Crippen LogP contribution is -2.35. The van der Waals surface area contributed by atoms with Gasteiger partial charge in [-0.15, -0.1) is 0 Å². The first-order valence-corrected chi connectivity index (χ1v) is 7.13. The maximum atomic E-state index is 12.3. The quantitative estimate of drug-likeness (QED) is 0.927. The fourth-order valence-corrected chi connectivity index (χ4v) is 2.74. The molecule has 0 bridgehead atoms. The SMILES string of the molecule is CCN1CCC(CNc2nc(C(F)(F)F)ns2)CC1. The molecule has 1 aromatic heterocycles. The number of anilines is 1. The molecule has 0 atom stereocenters. The van der Waals surface area contributed by atoms with Crippen molar-refractivity contribution >= 4 is 16.7 Å². The molecule has 1 aromatic rings. The molecule has 108 valence electrons. The van der Waals surface area contributed by atoms with Crippen LogP contribution >= 0.6 is 11.5 Å². The van der Waals surface area contributed by atoms with E-state index < -0.39 is 12.0 Å². The van der Waals surface area contributed by atoms with Crippen LogP contribution in [0.2, 0.25) is 0 Å². The third kappa shape index (κ3) is 4.04. The van der Waals surface area contributed by atoms with Crippen LogP contribution in [0, 0.1) is 5.92 Å². The molecule has 0 aliphatic carbocycles. The first-order valence-electron chi connectivity index (χ1n) is 6.36. The Balaban J connectivity index is 1.78. The topological polar surface area (TPSA) is 41.0 Å². The number of likely N-dealkylation sites (tertiary alicyclic amines) is 1. The van der Waals surface area contributed by atoms with Gasteiger partial charge >= 0.3 is 6.18 Å². The van der Waals surface area contributed by atoms with Crippen LogP contribution in [0.25, 0.3) is 0 Å². The maximum absolute atomic E-state index is 12.3. The van der Waals surface area contributed by atoms with Crippen molar-refractivity contribution in [3.8, 4) is 0 Å². The van der Waals surface area contributed by atoms with Crippen molar-refractivity contribution in [2.45, 2.75) is 25.9 Å². The van der Waals surface area contributed by atoms with Crippen molar-refractivity contribution in [2.24, 2.45) is 5.92 Å². The van der Waals surface area contributed by atoms with Gasteiger partial charge < -0.3 is 10.2 Å². The Morgan fingerprint density at radius 1 is 1.37 bits per heavy atom. The van der Waals surface area contributed by atoms with Gasteiger partial charge in [0.25, 0.3) is 0 Å². The highest BCUT2D eigenvalue weighted by Gasteiger charge is 2.36. The van der Waals surface area contributed by atoms with Crippen molar-refractivity contribution in [1.82, 2.24) is 14.3 Å². The van der Waals surface area contributed by atoms with E-state index in [4.69, 9.17) is 0 Å². The summed E-state index contributed by atoms with van der Waals surface area (Å²) in [6.45, 7) is 5.99. The summed E-state index contributed by atoms with van der Waals surface area (Å²) in [4.78, 5) is 5.84. The molecule has 19 heavy (non-hydrogen) atoms. The number of halogens is 3. The molecular weight excluding hydrogens is 277 g/mol. The van der Waals surface area contributed by atoms with Crippen LogP contribution in [0.1, 0.15) is 25.6 Å². The van der Waals surface area contributed by atoms with Crippen molar-refractivity contribution < 1.29 is 13.2 Å². The number of alkyl halides is 3. The molecule has 4 nitrogen and oxygen atoms in total. The lowest BCUT2D eigenvalue weighted by atomic mass is 9.97. The van der Waals surface area contributed by atoms with E-state index in [-0.39, 0.29) is 5.13 Å². The highest BCUT2D eigenvalue weighted by Crippen LogP contribution is 2.29. The predicted octanol–water partition coefficient (Wildman–Crippen LogP) is 2.70. The van der Waals surface area contributed by atoms with Crippen LogP contribution in [-0.2, 0) is 6.18 Å². The van der Waals surface area contributed by atoms with Gasteiger partial charge in [-0.3, -0.25) is 0 Å². The highest BCUT2D eigenvalue weighted by molar-refractivity contribution is 7.09. The Hall–Kier alpha value is -0.890. The molecule has 0 radical (unpaired) electrons. The zero-order chi connectivity index (χ0) is 13.9. The number of nitrogens with one attached hydrogen (secondary N) is 1. The normalized spacial score (nSPS) is 18.7. The molecule has 1 fully saturated rings.